The third kappa shape index (κ3) is 11.9. The van der Waals surface area contributed by atoms with Crippen molar-refractivity contribution in [2.45, 2.75) is 24.4 Å². The van der Waals surface area contributed by atoms with Crippen molar-refractivity contribution in [3.63, 3.8) is 0 Å². The second-order valence-corrected chi connectivity index (χ2v) is 5.10. The first kappa shape index (κ1) is 22.4. The van der Waals surface area contributed by atoms with Gasteiger partial charge in [-0.25, -0.2) is 0 Å². The fourth-order valence-electron chi connectivity index (χ4n) is 1.08. The normalized spacial score (nSPS) is 12.6. The van der Waals surface area contributed by atoms with Crippen LogP contribution in [-0.4, -0.2) is 42.4 Å². The van der Waals surface area contributed by atoms with Gasteiger partial charge in [-0.15, -0.1) is 18.5 Å². The number of amides is 2. The molecule has 0 aliphatic heterocycles. The molecule has 4 atom stereocenters. The number of nitrogens with two attached hydrogens (primary N) is 2. The molecule has 7 N–H and O–H groups in total. The Morgan fingerprint density at radius 1 is 1.20 bits per heavy atom. The minimum Gasteiger partial charge on any atom is -0.663 e. The van der Waals surface area contributed by atoms with Crippen molar-refractivity contribution in [2.75, 3.05) is 13.1 Å². The monoisotopic (exact) mass is 396 g/mol. The van der Waals surface area contributed by atoms with Crippen LogP contribution in [0.2, 0.25) is 0 Å². The Bertz CT molecular complexity index is 338. The minimum atomic E-state index is -0.976. The zero-order chi connectivity index (χ0) is 14.8. The van der Waals surface area contributed by atoms with Crippen molar-refractivity contribution in [1.82, 2.24) is 10.6 Å². The summed E-state index contributed by atoms with van der Waals surface area (Å²) in [5, 5.41) is 5.06. The molecule has 0 rings (SSSR count). The predicted octanol–water partition coefficient (Wildman–Crippen LogP) is -1.28. The molecule has 2 amide bonds. The van der Waals surface area contributed by atoms with Gasteiger partial charge in [-0.2, -0.15) is 0 Å². The van der Waals surface area contributed by atoms with Gasteiger partial charge in [0.05, 0.1) is 0 Å². The Kier molecular flexibility index (Phi) is 14.4. The number of aliphatic imine (C=N–C) groups is 1. The number of hydrogen-bond donors (Lipinski definition) is 4. The van der Waals surface area contributed by atoms with Gasteiger partial charge in [-0.1, -0.05) is 0 Å². The predicted molar refractivity (Wildman–Crippen MR) is 82.4 cm³/mol. The molecule has 0 spiro atoms. The number of carbonyl (C=O) groups excluding carboxylic acids is 2. The molecule has 8 nitrogen and oxygen atoms in total. The molecule has 0 saturated heterocycles. The van der Waals surface area contributed by atoms with Gasteiger partial charge in [0, 0.05) is 45.8 Å². The number of hydrogen-bond acceptors (Lipinski definition) is 3. The van der Waals surface area contributed by atoms with Crippen LogP contribution in [0.1, 0.15) is 12.8 Å². The Labute approximate surface area is 148 Å². The fourth-order valence-corrected chi connectivity index (χ4v) is 1.45. The number of nitrogens with one attached hydrogen (secondary N) is 3. The number of rotatable bonds is 8. The van der Waals surface area contributed by atoms with E-state index in [0.29, 0.717) is 13.1 Å². The van der Waals surface area contributed by atoms with Gasteiger partial charge >= 0.3 is 0 Å². The smallest absolute Gasteiger partial charge is 0.246 e. The van der Waals surface area contributed by atoms with Crippen molar-refractivity contribution < 1.29 is 42.3 Å². The summed E-state index contributed by atoms with van der Waals surface area (Å²) in [5.41, 5.74) is 17.5. The maximum Gasteiger partial charge on any atom is 0.246 e. The van der Waals surface area contributed by atoms with E-state index in [2.05, 4.69) is 24.9 Å². The van der Waals surface area contributed by atoms with E-state index in [1.54, 1.807) is 0 Å². The van der Waals surface area contributed by atoms with E-state index in [-0.39, 0.29) is 44.6 Å². The SMILES string of the molecule is [NH-]C(P)C(=O)NC(P)C(=O)NCCCCN=C(N)N.[Y]. The molecule has 0 aromatic carbocycles. The summed E-state index contributed by atoms with van der Waals surface area (Å²) < 4.78 is 0. The van der Waals surface area contributed by atoms with E-state index in [4.69, 9.17) is 17.2 Å². The average Bonchev–Trinajstić information content (AvgIpc) is 2.32. The summed E-state index contributed by atoms with van der Waals surface area (Å²) in [5.74, 6) is -2.49. The van der Waals surface area contributed by atoms with Crippen LogP contribution in [0, 0.1) is 0 Å². The number of carbonyl (C=O) groups is 2. The molecule has 11 heteroatoms. The van der Waals surface area contributed by atoms with Gasteiger partial charge in [0.25, 0.3) is 0 Å². The van der Waals surface area contributed by atoms with Gasteiger partial charge in [-0.3, -0.25) is 14.6 Å². The van der Waals surface area contributed by atoms with Gasteiger partial charge < -0.3 is 27.8 Å². The molecular formula is C9H21N6O2P2Y-. The third-order valence-electron chi connectivity index (χ3n) is 2.04. The maximum atomic E-state index is 11.6. The summed E-state index contributed by atoms with van der Waals surface area (Å²) in [4.78, 5) is 26.6. The molecule has 0 saturated carbocycles. The first-order chi connectivity index (χ1) is 8.84. The molecule has 113 valence electrons. The van der Waals surface area contributed by atoms with Crippen LogP contribution in [0.25, 0.3) is 5.73 Å². The molecule has 0 heterocycles. The standard InChI is InChI=1S/C9H21N6O2P2.Y/c10-5(18)6(16)15-8(19)7(17)13-3-1-2-4-14-9(11)12;/h5,8,10H,1-4,18-19H2,(H,13,17)(H,15,16)(H4,11,12,14);/q-1;. The summed E-state index contributed by atoms with van der Waals surface area (Å²) in [6.07, 6.45) is 1.49. The molecule has 4 unspecified atom stereocenters. The number of guanidine groups is 1. The molecule has 0 aliphatic carbocycles. The third-order valence-corrected chi connectivity index (χ3v) is 2.81. The van der Waals surface area contributed by atoms with Crippen molar-refractivity contribution >= 4 is 36.3 Å². The molecule has 0 aliphatic rings. The Balaban J connectivity index is 0. The maximum absolute atomic E-state index is 11.6. The summed E-state index contributed by atoms with van der Waals surface area (Å²) in [6.45, 7) is 0.998. The van der Waals surface area contributed by atoms with Crippen molar-refractivity contribution in [2.24, 2.45) is 16.5 Å². The molecule has 0 fully saturated rings. The van der Waals surface area contributed by atoms with Gasteiger partial charge in [0.15, 0.2) is 5.96 Å². The first-order valence-electron chi connectivity index (χ1n) is 5.70. The van der Waals surface area contributed by atoms with Gasteiger partial charge in [-0.05, 0) is 18.6 Å². The van der Waals surface area contributed by atoms with Crippen molar-refractivity contribution in [3.05, 3.63) is 5.73 Å². The minimum absolute atomic E-state index is 0. The van der Waals surface area contributed by atoms with Crippen LogP contribution in [-0.2, 0) is 42.3 Å². The Hall–Kier alpha value is 0.134. The zero-order valence-corrected chi connectivity index (χ0v) is 16.3. The van der Waals surface area contributed by atoms with Crippen LogP contribution in [0.5, 0.6) is 0 Å². The molecule has 0 aromatic heterocycles. The van der Waals surface area contributed by atoms with E-state index >= 15 is 0 Å². The Morgan fingerprint density at radius 3 is 2.30 bits per heavy atom. The van der Waals surface area contributed by atoms with Crippen molar-refractivity contribution in [3.8, 4) is 0 Å². The molecular weight excluding hydrogens is 375 g/mol. The van der Waals surface area contributed by atoms with E-state index in [9.17, 15) is 9.59 Å². The Morgan fingerprint density at radius 2 is 1.80 bits per heavy atom. The van der Waals surface area contributed by atoms with E-state index < -0.39 is 17.5 Å². The fraction of sp³-hybridized carbons (Fsp3) is 0.667. The summed E-state index contributed by atoms with van der Waals surface area (Å²) >= 11 is 0. The average molecular weight is 396 g/mol. The van der Waals surface area contributed by atoms with E-state index in [0.717, 1.165) is 12.8 Å². The van der Waals surface area contributed by atoms with Gasteiger partial charge in [0.2, 0.25) is 11.8 Å². The largest absolute Gasteiger partial charge is 0.663 e. The molecule has 0 bridgehead atoms. The molecule has 20 heavy (non-hydrogen) atoms. The van der Waals surface area contributed by atoms with Crippen LogP contribution in [0.15, 0.2) is 4.99 Å². The zero-order valence-electron chi connectivity index (χ0n) is 11.1. The quantitative estimate of drug-likeness (QED) is 0.175. The van der Waals surface area contributed by atoms with Crippen LogP contribution in [0.3, 0.4) is 0 Å². The summed E-state index contributed by atoms with van der Waals surface area (Å²) in [7, 11) is 4.25. The summed E-state index contributed by atoms with van der Waals surface area (Å²) in [6, 6.07) is 0. The van der Waals surface area contributed by atoms with E-state index in [1.165, 1.54) is 0 Å². The van der Waals surface area contributed by atoms with Crippen LogP contribution >= 0.6 is 18.5 Å². The molecule has 0 aromatic rings. The van der Waals surface area contributed by atoms with Gasteiger partial charge in [0.1, 0.15) is 5.78 Å². The second kappa shape index (κ2) is 12.8. The molecule has 1 radical (unpaired) electrons. The van der Waals surface area contributed by atoms with E-state index in [1.807, 2.05) is 9.24 Å². The second-order valence-electron chi connectivity index (χ2n) is 3.77. The number of nitrogens with zero attached hydrogens (tertiary/aromatic N) is 1. The van der Waals surface area contributed by atoms with Crippen molar-refractivity contribution in [1.29, 1.82) is 0 Å². The first-order valence-corrected chi connectivity index (χ1v) is 7.03. The van der Waals surface area contributed by atoms with Crippen LogP contribution in [0.4, 0.5) is 0 Å². The topological polar surface area (TPSA) is 146 Å². The van der Waals surface area contributed by atoms with Crippen LogP contribution < -0.4 is 22.1 Å². The number of unbranched alkanes of at least 4 members (excludes halogenated alkanes) is 1.